The summed E-state index contributed by atoms with van der Waals surface area (Å²) in [6.07, 6.45) is 2.04. The topological polar surface area (TPSA) is 12.0 Å². The molecule has 0 saturated carbocycles. The lowest BCUT2D eigenvalue weighted by molar-refractivity contribution is 0.509. The van der Waals surface area contributed by atoms with Crippen molar-refractivity contribution in [2.75, 3.05) is 7.05 Å². The molecule has 0 radical (unpaired) electrons. The van der Waals surface area contributed by atoms with Gasteiger partial charge in [0.25, 0.3) is 0 Å². The average molecular weight is 294 g/mol. The van der Waals surface area contributed by atoms with Gasteiger partial charge in [-0.2, -0.15) is 0 Å². The normalized spacial score (nSPS) is 17.3. The maximum Gasteiger partial charge on any atom is 0.160 e. The molecule has 1 N–H and O–H groups in total. The van der Waals surface area contributed by atoms with Gasteiger partial charge < -0.3 is 5.32 Å². The van der Waals surface area contributed by atoms with Crippen LogP contribution in [-0.2, 0) is 6.42 Å². The van der Waals surface area contributed by atoms with E-state index in [1.54, 1.807) is 0 Å². The second-order valence-electron chi connectivity index (χ2n) is 5.04. The molecule has 20 heavy (non-hydrogen) atoms. The molecule has 0 aliphatic heterocycles. The van der Waals surface area contributed by atoms with E-state index in [0.717, 1.165) is 30.5 Å². The molecular weight excluding hydrogens is 280 g/mol. The highest BCUT2D eigenvalue weighted by atomic mass is 35.5. The molecule has 4 heteroatoms. The first-order chi connectivity index (χ1) is 9.60. The summed E-state index contributed by atoms with van der Waals surface area (Å²) in [5.41, 5.74) is 3.86. The van der Waals surface area contributed by atoms with Crippen molar-refractivity contribution in [2.45, 2.75) is 18.9 Å². The fourth-order valence-electron chi connectivity index (χ4n) is 2.83. The van der Waals surface area contributed by atoms with Gasteiger partial charge >= 0.3 is 0 Å². The first-order valence-corrected chi connectivity index (χ1v) is 6.93. The van der Waals surface area contributed by atoms with Crippen LogP contribution in [0.1, 0.15) is 23.6 Å². The van der Waals surface area contributed by atoms with Gasteiger partial charge in [-0.05, 0) is 48.7 Å². The smallest absolute Gasteiger partial charge is 0.160 e. The summed E-state index contributed by atoms with van der Waals surface area (Å²) in [7, 11) is 1.94. The maximum atomic E-state index is 13.4. The average Bonchev–Trinajstić information content (AvgIpc) is 2.85. The number of nitrogens with one attached hydrogen (secondary N) is 1. The molecule has 2 aromatic rings. The third-order valence-corrected chi connectivity index (χ3v) is 4.20. The molecular formula is C16H14ClF2N. The monoisotopic (exact) mass is 293 g/mol. The van der Waals surface area contributed by atoms with Crippen LogP contribution in [0.25, 0.3) is 11.1 Å². The summed E-state index contributed by atoms with van der Waals surface area (Å²) in [4.78, 5) is 0. The number of benzene rings is 2. The predicted molar refractivity (Wildman–Crippen MR) is 76.9 cm³/mol. The zero-order chi connectivity index (χ0) is 14.3. The molecule has 0 saturated heterocycles. The van der Waals surface area contributed by atoms with Crippen molar-refractivity contribution in [3.8, 4) is 11.1 Å². The van der Waals surface area contributed by atoms with Gasteiger partial charge in [0.2, 0.25) is 0 Å². The molecule has 0 fully saturated rings. The number of rotatable bonds is 2. The van der Waals surface area contributed by atoms with E-state index in [1.165, 1.54) is 11.1 Å². The van der Waals surface area contributed by atoms with E-state index < -0.39 is 11.6 Å². The van der Waals surface area contributed by atoms with E-state index in [0.29, 0.717) is 11.6 Å². The quantitative estimate of drug-likeness (QED) is 0.804. The Labute approximate surface area is 121 Å². The minimum atomic E-state index is -0.921. The van der Waals surface area contributed by atoms with Crippen LogP contribution in [0, 0.1) is 11.6 Å². The summed E-state index contributed by atoms with van der Waals surface area (Å²) in [6, 6.07) is 8.52. The van der Waals surface area contributed by atoms with Gasteiger partial charge in [-0.25, -0.2) is 8.78 Å². The molecule has 0 aromatic heterocycles. The largest absolute Gasteiger partial charge is 0.313 e. The van der Waals surface area contributed by atoms with Crippen LogP contribution >= 0.6 is 11.6 Å². The summed E-state index contributed by atoms with van der Waals surface area (Å²) < 4.78 is 26.5. The number of hydrogen-bond donors (Lipinski definition) is 1. The molecule has 0 spiro atoms. The molecule has 1 aliphatic carbocycles. The molecule has 2 aromatic carbocycles. The lowest BCUT2D eigenvalue weighted by Crippen LogP contribution is -2.12. The van der Waals surface area contributed by atoms with Crippen molar-refractivity contribution in [1.29, 1.82) is 0 Å². The maximum absolute atomic E-state index is 13.4. The molecule has 0 bridgehead atoms. The van der Waals surface area contributed by atoms with E-state index in [1.807, 2.05) is 25.2 Å². The Balaban J connectivity index is 2.06. The predicted octanol–water partition coefficient (Wildman–Crippen LogP) is 4.49. The van der Waals surface area contributed by atoms with E-state index in [-0.39, 0.29) is 5.02 Å². The Kier molecular flexibility index (Phi) is 3.48. The standard InChI is InChI=1S/C16H14ClF2N/c1-20-16-5-3-9-6-10(2-4-11(9)16)12-7-14(18)15(19)8-13(12)17/h2,4,6-8,16,20H,3,5H2,1H3. The van der Waals surface area contributed by atoms with E-state index in [4.69, 9.17) is 11.6 Å². The minimum Gasteiger partial charge on any atom is -0.313 e. The minimum absolute atomic E-state index is 0.229. The highest BCUT2D eigenvalue weighted by Crippen LogP contribution is 2.36. The molecule has 3 rings (SSSR count). The lowest BCUT2D eigenvalue weighted by atomic mass is 9.99. The Hall–Kier alpha value is -1.45. The van der Waals surface area contributed by atoms with Crippen LogP contribution in [0.15, 0.2) is 30.3 Å². The van der Waals surface area contributed by atoms with E-state index in [9.17, 15) is 8.78 Å². The second kappa shape index (κ2) is 5.15. The third-order valence-electron chi connectivity index (χ3n) is 3.89. The number of aryl methyl sites for hydroxylation is 1. The molecule has 1 atom stereocenters. The molecule has 104 valence electrons. The van der Waals surface area contributed by atoms with Gasteiger partial charge in [-0.1, -0.05) is 29.8 Å². The Bertz CT molecular complexity index is 670. The van der Waals surface area contributed by atoms with Gasteiger partial charge in [0.15, 0.2) is 11.6 Å². The fourth-order valence-corrected chi connectivity index (χ4v) is 3.09. The lowest BCUT2D eigenvalue weighted by Gasteiger charge is -2.11. The van der Waals surface area contributed by atoms with Crippen molar-refractivity contribution in [3.63, 3.8) is 0 Å². The van der Waals surface area contributed by atoms with E-state index >= 15 is 0 Å². The Morgan fingerprint density at radius 2 is 1.90 bits per heavy atom. The fraction of sp³-hybridized carbons (Fsp3) is 0.250. The van der Waals surface area contributed by atoms with Crippen LogP contribution in [0.5, 0.6) is 0 Å². The SMILES string of the molecule is CNC1CCc2cc(-c3cc(F)c(F)cc3Cl)ccc21. The summed E-state index contributed by atoms with van der Waals surface area (Å²) in [5, 5.41) is 3.50. The molecule has 0 amide bonds. The third kappa shape index (κ3) is 2.21. The van der Waals surface area contributed by atoms with Crippen molar-refractivity contribution in [1.82, 2.24) is 5.32 Å². The first kappa shape index (κ1) is 13.5. The zero-order valence-corrected chi connectivity index (χ0v) is 11.8. The van der Waals surface area contributed by atoms with Crippen LogP contribution < -0.4 is 5.32 Å². The number of hydrogen-bond acceptors (Lipinski definition) is 1. The molecule has 1 nitrogen and oxygen atoms in total. The molecule has 1 aliphatic rings. The summed E-state index contributed by atoms with van der Waals surface area (Å²) >= 11 is 6.02. The first-order valence-electron chi connectivity index (χ1n) is 6.55. The van der Waals surface area contributed by atoms with Crippen LogP contribution in [0.4, 0.5) is 8.78 Å². The molecule has 1 unspecified atom stereocenters. The number of fused-ring (bicyclic) bond motifs is 1. The van der Waals surface area contributed by atoms with Crippen LogP contribution in [0.3, 0.4) is 0 Å². The van der Waals surface area contributed by atoms with Crippen molar-refractivity contribution >= 4 is 11.6 Å². The van der Waals surface area contributed by atoms with Crippen LogP contribution in [-0.4, -0.2) is 7.05 Å². The summed E-state index contributed by atoms with van der Waals surface area (Å²) in [5.74, 6) is -1.80. The van der Waals surface area contributed by atoms with Crippen molar-refractivity contribution < 1.29 is 8.78 Å². The Morgan fingerprint density at radius 3 is 2.65 bits per heavy atom. The zero-order valence-electron chi connectivity index (χ0n) is 11.0. The van der Waals surface area contributed by atoms with Crippen molar-refractivity contribution in [2.24, 2.45) is 0 Å². The van der Waals surface area contributed by atoms with Gasteiger partial charge in [-0.3, -0.25) is 0 Å². The van der Waals surface area contributed by atoms with Gasteiger partial charge in [0.1, 0.15) is 0 Å². The summed E-state index contributed by atoms with van der Waals surface area (Å²) in [6.45, 7) is 0. The number of halogens is 3. The highest BCUT2D eigenvalue weighted by Gasteiger charge is 2.21. The highest BCUT2D eigenvalue weighted by molar-refractivity contribution is 6.33. The van der Waals surface area contributed by atoms with Crippen molar-refractivity contribution in [3.05, 3.63) is 58.1 Å². The van der Waals surface area contributed by atoms with Gasteiger partial charge in [0.05, 0.1) is 5.02 Å². The van der Waals surface area contributed by atoms with Gasteiger partial charge in [0, 0.05) is 11.6 Å². The molecule has 0 heterocycles. The van der Waals surface area contributed by atoms with E-state index in [2.05, 4.69) is 5.32 Å². The Morgan fingerprint density at radius 1 is 1.15 bits per heavy atom. The van der Waals surface area contributed by atoms with Gasteiger partial charge in [-0.15, -0.1) is 0 Å². The van der Waals surface area contributed by atoms with Crippen LogP contribution in [0.2, 0.25) is 5.02 Å². The second-order valence-corrected chi connectivity index (χ2v) is 5.45.